The second-order valence-corrected chi connectivity index (χ2v) is 10.8. The fourth-order valence-electron chi connectivity index (χ4n) is 4.34. The van der Waals surface area contributed by atoms with E-state index >= 15 is 0 Å². The van der Waals surface area contributed by atoms with E-state index in [2.05, 4.69) is 5.32 Å². The number of barbiturate groups is 1. The van der Waals surface area contributed by atoms with Crippen molar-refractivity contribution < 1.29 is 28.6 Å². The van der Waals surface area contributed by atoms with Gasteiger partial charge in [0.25, 0.3) is 11.8 Å². The normalized spacial score (nSPS) is 14.0. The Hall–Kier alpha value is -4.50. The summed E-state index contributed by atoms with van der Waals surface area (Å²) >= 11 is 18.7. The predicted octanol–water partition coefficient (Wildman–Crippen LogP) is 7.87. The number of carbonyl (C=O) groups is 3. The molecule has 1 heterocycles. The van der Waals surface area contributed by atoms with Crippen LogP contribution in [0.4, 0.5) is 10.5 Å². The topological polar surface area (TPSA) is 94.2 Å². The Bertz CT molecular complexity index is 1740. The summed E-state index contributed by atoms with van der Waals surface area (Å²) in [5.74, 6) is -0.515. The maximum absolute atomic E-state index is 13.5. The van der Waals surface area contributed by atoms with E-state index in [1.807, 2.05) is 30.3 Å². The van der Waals surface area contributed by atoms with Gasteiger partial charge in [-0.15, -0.1) is 0 Å². The number of ether oxygens (including phenoxy) is 3. The molecule has 4 aromatic rings. The Morgan fingerprint density at radius 2 is 1.52 bits per heavy atom. The molecule has 0 aromatic heterocycles. The van der Waals surface area contributed by atoms with E-state index in [1.165, 1.54) is 6.08 Å². The average Bonchev–Trinajstić information content (AvgIpc) is 3.00. The van der Waals surface area contributed by atoms with E-state index in [0.717, 1.165) is 16.0 Å². The number of nitrogens with zero attached hydrogens (tertiary/aromatic N) is 1. The van der Waals surface area contributed by atoms with Crippen LogP contribution in [-0.4, -0.2) is 24.5 Å². The number of imide groups is 2. The maximum atomic E-state index is 13.5. The Morgan fingerprint density at radius 1 is 0.795 bits per heavy atom. The largest absolute Gasteiger partial charge is 0.490 e. The molecule has 8 nitrogen and oxygen atoms in total. The number of amides is 4. The van der Waals surface area contributed by atoms with Crippen molar-refractivity contribution in [1.82, 2.24) is 5.32 Å². The van der Waals surface area contributed by atoms with Crippen molar-refractivity contribution in [3.63, 3.8) is 0 Å². The summed E-state index contributed by atoms with van der Waals surface area (Å²) < 4.78 is 17.5. The van der Waals surface area contributed by atoms with Gasteiger partial charge in [0.15, 0.2) is 11.5 Å². The van der Waals surface area contributed by atoms with Gasteiger partial charge in [-0.3, -0.25) is 14.9 Å². The highest BCUT2D eigenvalue weighted by Gasteiger charge is 2.37. The second-order valence-electron chi connectivity index (χ2n) is 9.51. The fraction of sp³-hybridized carbons (Fsp3) is 0.121. The zero-order valence-corrected chi connectivity index (χ0v) is 25.6. The Labute approximate surface area is 268 Å². The molecule has 0 aliphatic carbocycles. The number of halogens is 3. The van der Waals surface area contributed by atoms with E-state index in [1.54, 1.807) is 61.5 Å². The molecule has 1 N–H and O–H groups in total. The van der Waals surface area contributed by atoms with Crippen molar-refractivity contribution in [3.8, 4) is 17.2 Å². The van der Waals surface area contributed by atoms with Crippen LogP contribution in [0.5, 0.6) is 17.2 Å². The van der Waals surface area contributed by atoms with Crippen LogP contribution in [0.2, 0.25) is 15.1 Å². The summed E-state index contributed by atoms with van der Waals surface area (Å²) in [5.41, 5.74) is 2.06. The lowest BCUT2D eigenvalue weighted by Crippen LogP contribution is -2.54. The van der Waals surface area contributed by atoms with Crippen LogP contribution in [0.25, 0.3) is 6.08 Å². The highest BCUT2D eigenvalue weighted by atomic mass is 35.5. The van der Waals surface area contributed by atoms with Crippen LogP contribution in [0.1, 0.15) is 23.6 Å². The molecule has 1 fully saturated rings. The highest BCUT2D eigenvalue weighted by molar-refractivity contribution is 6.39. The van der Waals surface area contributed by atoms with Gasteiger partial charge in [0.05, 0.1) is 17.3 Å². The van der Waals surface area contributed by atoms with Gasteiger partial charge >= 0.3 is 6.03 Å². The van der Waals surface area contributed by atoms with Crippen molar-refractivity contribution in [2.24, 2.45) is 0 Å². The number of hydrogen-bond donors (Lipinski definition) is 1. The molecule has 0 unspecified atom stereocenters. The smallest absolute Gasteiger partial charge is 0.335 e. The lowest BCUT2D eigenvalue weighted by Gasteiger charge is -2.26. The second kappa shape index (κ2) is 13.9. The van der Waals surface area contributed by atoms with Gasteiger partial charge in [-0.1, -0.05) is 65.1 Å². The van der Waals surface area contributed by atoms with Crippen molar-refractivity contribution in [2.75, 3.05) is 11.5 Å². The summed E-state index contributed by atoms with van der Waals surface area (Å²) in [7, 11) is 0. The molecule has 1 saturated heterocycles. The summed E-state index contributed by atoms with van der Waals surface area (Å²) in [4.78, 5) is 39.8. The molecule has 1 aliphatic rings. The first kappa shape index (κ1) is 30.9. The molecule has 0 bridgehead atoms. The van der Waals surface area contributed by atoms with Gasteiger partial charge in [-0.05, 0) is 78.7 Å². The summed E-state index contributed by atoms with van der Waals surface area (Å²) in [5, 5.41) is 3.62. The molecule has 0 radical (unpaired) electrons. The molecule has 5 rings (SSSR count). The van der Waals surface area contributed by atoms with Crippen molar-refractivity contribution in [1.29, 1.82) is 0 Å². The lowest BCUT2D eigenvalue weighted by atomic mass is 10.1. The molecule has 4 amide bonds. The van der Waals surface area contributed by atoms with E-state index in [9.17, 15) is 14.4 Å². The monoisotopic (exact) mass is 650 g/mol. The van der Waals surface area contributed by atoms with Gasteiger partial charge in [0.1, 0.15) is 24.5 Å². The zero-order chi connectivity index (χ0) is 31.2. The highest BCUT2D eigenvalue weighted by Crippen LogP contribution is 2.38. The maximum Gasteiger partial charge on any atom is 0.335 e. The minimum absolute atomic E-state index is 0.208. The molecule has 0 saturated carbocycles. The molecule has 1 aliphatic heterocycles. The SMILES string of the molecule is CCOc1cc(/C=C2\C(=O)NC(=O)N(c3ccc(OCc4ccccc4Cl)cc3)C2=O)cc(Cl)c1OCc1ccc(Cl)cc1. The Balaban J connectivity index is 1.36. The van der Waals surface area contributed by atoms with E-state index in [4.69, 9.17) is 49.0 Å². The van der Waals surface area contributed by atoms with Gasteiger partial charge in [-0.25, -0.2) is 9.69 Å². The number of benzene rings is 4. The molecule has 0 atom stereocenters. The first-order valence-electron chi connectivity index (χ1n) is 13.4. The molecule has 224 valence electrons. The Morgan fingerprint density at radius 3 is 2.23 bits per heavy atom. The number of nitrogens with one attached hydrogen (secondary N) is 1. The molecule has 4 aromatic carbocycles. The number of anilines is 1. The number of hydrogen-bond acceptors (Lipinski definition) is 6. The van der Waals surface area contributed by atoms with Gasteiger partial charge in [0.2, 0.25) is 0 Å². The van der Waals surface area contributed by atoms with E-state index in [-0.39, 0.29) is 29.5 Å². The minimum atomic E-state index is -0.874. The third-order valence-electron chi connectivity index (χ3n) is 6.49. The summed E-state index contributed by atoms with van der Waals surface area (Å²) in [6.07, 6.45) is 1.34. The third-order valence-corrected chi connectivity index (χ3v) is 7.39. The number of rotatable bonds is 10. The third kappa shape index (κ3) is 7.17. The van der Waals surface area contributed by atoms with Crippen molar-refractivity contribution in [3.05, 3.63) is 122 Å². The molecule has 44 heavy (non-hydrogen) atoms. The van der Waals surface area contributed by atoms with Gasteiger partial charge in [-0.2, -0.15) is 0 Å². The van der Waals surface area contributed by atoms with Crippen molar-refractivity contribution >= 4 is 64.4 Å². The average molecular weight is 652 g/mol. The van der Waals surface area contributed by atoms with Crippen molar-refractivity contribution in [2.45, 2.75) is 20.1 Å². The van der Waals surface area contributed by atoms with Gasteiger partial charge in [0, 0.05) is 15.6 Å². The number of carbonyl (C=O) groups excluding carboxylic acids is 3. The van der Waals surface area contributed by atoms with Crippen LogP contribution in [-0.2, 0) is 22.8 Å². The predicted molar refractivity (Wildman–Crippen MR) is 170 cm³/mol. The quantitative estimate of drug-likeness (QED) is 0.139. The standard InChI is InChI=1S/C33H25Cl3N2O6/c1-2-42-29-17-21(16-28(36)30(29)44-18-20-7-9-23(34)10-8-20)15-26-31(39)37-33(41)38(32(26)40)24-11-13-25(14-12-24)43-19-22-5-3-4-6-27(22)35/h3-17H,2,18-19H2,1H3,(H,37,39,41)/b26-15+. The van der Waals surface area contributed by atoms with Crippen LogP contribution < -0.4 is 24.4 Å². The Kier molecular flexibility index (Phi) is 9.75. The van der Waals surface area contributed by atoms with Crippen LogP contribution in [0.3, 0.4) is 0 Å². The lowest BCUT2D eigenvalue weighted by molar-refractivity contribution is -0.122. The molecule has 0 spiro atoms. The van der Waals surface area contributed by atoms with Crippen LogP contribution >= 0.6 is 34.8 Å². The van der Waals surface area contributed by atoms with Gasteiger partial charge < -0.3 is 14.2 Å². The molecular weight excluding hydrogens is 627 g/mol. The molecule has 11 heteroatoms. The molecular formula is C33H25Cl3N2O6. The fourth-order valence-corrected chi connectivity index (χ4v) is 4.93. The first-order valence-corrected chi connectivity index (χ1v) is 14.6. The first-order chi connectivity index (χ1) is 21.2. The van der Waals surface area contributed by atoms with Crippen LogP contribution in [0, 0.1) is 0 Å². The van der Waals surface area contributed by atoms with E-state index < -0.39 is 17.8 Å². The summed E-state index contributed by atoms with van der Waals surface area (Å²) in [6.45, 7) is 2.56. The van der Waals surface area contributed by atoms with Crippen LogP contribution in [0.15, 0.2) is 90.5 Å². The zero-order valence-electron chi connectivity index (χ0n) is 23.3. The minimum Gasteiger partial charge on any atom is -0.490 e. The van der Waals surface area contributed by atoms with E-state index in [0.29, 0.717) is 39.5 Å². The number of urea groups is 1. The summed E-state index contributed by atoms with van der Waals surface area (Å²) in [6, 6.07) is 23.1.